The van der Waals surface area contributed by atoms with Gasteiger partial charge in [-0.2, -0.15) is 6.07 Å². The van der Waals surface area contributed by atoms with Crippen molar-refractivity contribution in [2.24, 2.45) is 0 Å². The molecule has 1 aromatic carbocycles. The van der Waals surface area contributed by atoms with Crippen LogP contribution in [0.25, 0.3) is 11.3 Å². The molecule has 0 bridgehead atoms. The third-order valence-electron chi connectivity index (χ3n) is 2.69. The third kappa shape index (κ3) is 5.48. The van der Waals surface area contributed by atoms with Crippen LogP contribution in [0.4, 0.5) is 13.2 Å². The van der Waals surface area contributed by atoms with E-state index in [1.165, 1.54) is 24.5 Å². The molecule has 1 N–H and O–H groups in total. The molecule has 25 heavy (non-hydrogen) atoms. The van der Waals surface area contributed by atoms with Crippen molar-refractivity contribution in [3.8, 4) is 11.3 Å². The SMILES string of the molecule is Fc1c[c-]c(-c2ccccn2)c(F)c1F.O=C(O)c1[c-]cccn1.[Ir+3]. The van der Waals surface area contributed by atoms with Gasteiger partial charge in [0.2, 0.25) is 5.97 Å². The molecule has 8 heteroatoms. The van der Waals surface area contributed by atoms with Gasteiger partial charge in [-0.1, -0.05) is 17.7 Å². The van der Waals surface area contributed by atoms with Crippen molar-refractivity contribution in [1.29, 1.82) is 0 Å². The van der Waals surface area contributed by atoms with Gasteiger partial charge in [-0.3, -0.25) is 13.8 Å². The number of carboxylic acid groups (broad SMARTS) is 1. The average molecular weight is 522 g/mol. The van der Waals surface area contributed by atoms with Crippen LogP contribution in [0, 0.1) is 29.6 Å². The van der Waals surface area contributed by atoms with Gasteiger partial charge in [0.05, 0.1) is 11.6 Å². The van der Waals surface area contributed by atoms with Crippen molar-refractivity contribution < 1.29 is 43.2 Å². The number of hydrogen-bond donors (Lipinski definition) is 1. The molecule has 4 nitrogen and oxygen atoms in total. The van der Waals surface area contributed by atoms with E-state index in [-0.39, 0.29) is 37.1 Å². The normalized spacial score (nSPS) is 9.40. The van der Waals surface area contributed by atoms with Gasteiger partial charge in [-0.25, -0.2) is 4.39 Å². The van der Waals surface area contributed by atoms with Crippen LogP contribution in [0.5, 0.6) is 0 Å². The fourth-order valence-electron chi connectivity index (χ4n) is 1.62. The smallest absolute Gasteiger partial charge is 0.533 e. The van der Waals surface area contributed by atoms with Crippen molar-refractivity contribution in [1.82, 2.24) is 9.97 Å². The Hall–Kier alpha value is -2.57. The van der Waals surface area contributed by atoms with Crippen LogP contribution >= 0.6 is 0 Å². The van der Waals surface area contributed by atoms with E-state index in [0.717, 1.165) is 6.07 Å². The van der Waals surface area contributed by atoms with Crippen molar-refractivity contribution in [2.75, 3.05) is 0 Å². The summed E-state index contributed by atoms with van der Waals surface area (Å²) in [7, 11) is 0. The van der Waals surface area contributed by atoms with E-state index in [4.69, 9.17) is 5.11 Å². The van der Waals surface area contributed by atoms with Gasteiger partial charge < -0.3 is 14.9 Å². The standard InChI is InChI=1S/C11H5F3N.C6H4NO2.Ir/c12-8-5-4-7(10(13)11(8)14)9-3-1-2-6-15-9;8-6(9)5-3-1-2-4-7-5;/h1-3,5-6H;1-2,4H,(H,8,9);/q2*-1;+3. The Bertz CT molecular complexity index is 834. The number of rotatable bonds is 2. The molecule has 0 aliphatic rings. The van der Waals surface area contributed by atoms with Crippen LogP contribution in [0.1, 0.15) is 10.5 Å². The van der Waals surface area contributed by atoms with Crippen LogP contribution in [0.2, 0.25) is 0 Å². The minimum Gasteiger partial charge on any atom is -0.533 e. The van der Waals surface area contributed by atoms with E-state index < -0.39 is 23.4 Å². The molecule has 0 radical (unpaired) electrons. The van der Waals surface area contributed by atoms with Gasteiger partial charge in [0.15, 0.2) is 0 Å². The maximum atomic E-state index is 13.3. The van der Waals surface area contributed by atoms with Crippen molar-refractivity contribution >= 4 is 5.97 Å². The maximum absolute atomic E-state index is 13.3. The first-order valence-corrected chi connectivity index (χ1v) is 6.53. The molecule has 128 valence electrons. The summed E-state index contributed by atoms with van der Waals surface area (Å²) in [6.45, 7) is 0. The second-order valence-corrected chi connectivity index (χ2v) is 4.29. The number of carbonyl (C=O) groups is 1. The van der Waals surface area contributed by atoms with Gasteiger partial charge in [0.25, 0.3) is 0 Å². The molecular weight excluding hydrogens is 513 g/mol. The molecule has 2 aromatic heterocycles. The molecule has 0 saturated heterocycles. The topological polar surface area (TPSA) is 63.1 Å². The Morgan fingerprint density at radius 1 is 1.00 bits per heavy atom. The molecule has 0 atom stereocenters. The summed E-state index contributed by atoms with van der Waals surface area (Å²) in [5, 5.41) is 8.29. The fourth-order valence-corrected chi connectivity index (χ4v) is 1.62. The number of aromatic carboxylic acids is 1. The number of aromatic nitrogens is 2. The summed E-state index contributed by atoms with van der Waals surface area (Å²) in [5.41, 5.74) is 0.000833. The van der Waals surface area contributed by atoms with Gasteiger partial charge >= 0.3 is 20.1 Å². The zero-order valence-corrected chi connectivity index (χ0v) is 14.7. The average Bonchev–Trinajstić information content (AvgIpc) is 2.62. The van der Waals surface area contributed by atoms with Crippen molar-refractivity contribution in [3.63, 3.8) is 0 Å². The van der Waals surface area contributed by atoms with Crippen LogP contribution in [-0.2, 0) is 20.1 Å². The number of pyridine rings is 2. The first-order valence-electron chi connectivity index (χ1n) is 6.53. The van der Waals surface area contributed by atoms with E-state index in [1.807, 2.05) is 0 Å². The van der Waals surface area contributed by atoms with Crippen molar-refractivity contribution in [3.05, 3.63) is 84.1 Å². The van der Waals surface area contributed by atoms with Crippen LogP contribution in [0.15, 0.2) is 48.8 Å². The summed E-state index contributed by atoms with van der Waals surface area (Å²) >= 11 is 0. The zero-order chi connectivity index (χ0) is 17.5. The number of benzene rings is 1. The predicted octanol–water partition coefficient (Wildman–Crippen LogP) is 3.54. The Kier molecular flexibility index (Phi) is 7.91. The quantitative estimate of drug-likeness (QED) is 0.413. The van der Waals surface area contributed by atoms with Gasteiger partial charge in [0.1, 0.15) is 5.82 Å². The van der Waals surface area contributed by atoms with E-state index in [0.29, 0.717) is 0 Å². The number of halogens is 3. The third-order valence-corrected chi connectivity index (χ3v) is 2.69. The molecule has 2 heterocycles. The molecule has 3 aromatic rings. The Labute approximate surface area is 154 Å². The summed E-state index contributed by atoms with van der Waals surface area (Å²) in [4.78, 5) is 17.5. The number of nitrogens with zero attached hydrogens (tertiary/aromatic N) is 2. The molecule has 0 spiro atoms. The Balaban J connectivity index is 0.000000270. The number of carboxylic acids is 1. The van der Waals surface area contributed by atoms with Crippen molar-refractivity contribution in [2.45, 2.75) is 0 Å². The molecule has 0 unspecified atom stereocenters. The molecule has 0 amide bonds. The predicted molar refractivity (Wildman–Crippen MR) is 78.4 cm³/mol. The molecule has 0 fully saturated rings. The molecule has 0 saturated carbocycles. The van der Waals surface area contributed by atoms with E-state index in [1.54, 1.807) is 18.2 Å². The van der Waals surface area contributed by atoms with E-state index in [9.17, 15) is 18.0 Å². The molecular formula is C17H9F3IrN2O2+. The monoisotopic (exact) mass is 523 g/mol. The molecule has 3 rings (SSSR count). The minimum absolute atomic E-state index is 0. The van der Waals surface area contributed by atoms with E-state index >= 15 is 0 Å². The molecule has 0 aliphatic carbocycles. The van der Waals surface area contributed by atoms with Crippen LogP contribution < -0.4 is 0 Å². The second kappa shape index (κ2) is 9.66. The van der Waals surface area contributed by atoms with E-state index in [2.05, 4.69) is 22.1 Å². The van der Waals surface area contributed by atoms with Gasteiger partial charge in [-0.15, -0.1) is 24.3 Å². The Morgan fingerprint density at radius 3 is 2.24 bits per heavy atom. The maximum Gasteiger partial charge on any atom is 3.00 e. The summed E-state index contributed by atoms with van der Waals surface area (Å²) < 4.78 is 38.7. The van der Waals surface area contributed by atoms with Crippen LogP contribution in [0.3, 0.4) is 0 Å². The largest absolute Gasteiger partial charge is 3.00 e. The zero-order valence-electron chi connectivity index (χ0n) is 12.3. The first kappa shape index (κ1) is 20.5. The summed E-state index contributed by atoms with van der Waals surface area (Å²) in [6, 6.07) is 13.4. The molecule has 0 aliphatic heterocycles. The minimum atomic E-state index is -1.51. The summed E-state index contributed by atoms with van der Waals surface area (Å²) in [5.74, 6) is -5.08. The number of hydrogen-bond acceptors (Lipinski definition) is 3. The van der Waals surface area contributed by atoms with Gasteiger partial charge in [-0.05, 0) is 18.0 Å². The first-order chi connectivity index (χ1) is 11.5. The summed E-state index contributed by atoms with van der Waals surface area (Å²) in [6.07, 6.45) is 2.85. The Morgan fingerprint density at radius 2 is 1.72 bits per heavy atom. The fraction of sp³-hybridized carbons (Fsp3) is 0. The second-order valence-electron chi connectivity index (χ2n) is 4.29. The van der Waals surface area contributed by atoms with Gasteiger partial charge in [0, 0.05) is 11.9 Å². The van der Waals surface area contributed by atoms with Crippen LogP contribution in [-0.4, -0.2) is 21.0 Å².